The van der Waals surface area contributed by atoms with Gasteiger partial charge in [-0.2, -0.15) is 5.26 Å². The molecule has 2 heterocycles. The second-order valence-electron chi connectivity index (χ2n) is 5.71. The van der Waals surface area contributed by atoms with Crippen LogP contribution < -0.4 is 4.90 Å². The first-order valence-corrected chi connectivity index (χ1v) is 9.47. The van der Waals surface area contributed by atoms with Gasteiger partial charge in [-0.05, 0) is 18.6 Å². The van der Waals surface area contributed by atoms with E-state index in [2.05, 4.69) is 9.97 Å². The summed E-state index contributed by atoms with van der Waals surface area (Å²) in [5, 5.41) is 17.6. The summed E-state index contributed by atoms with van der Waals surface area (Å²) in [5.41, 5.74) is 0.0176. The van der Waals surface area contributed by atoms with E-state index in [-0.39, 0.29) is 34.4 Å². The van der Waals surface area contributed by atoms with Crippen molar-refractivity contribution in [1.29, 1.82) is 5.26 Å². The van der Waals surface area contributed by atoms with Crippen molar-refractivity contribution in [2.75, 3.05) is 11.4 Å². The maximum atomic E-state index is 12.9. The number of carbonyl (C=O) groups is 1. The first-order valence-electron chi connectivity index (χ1n) is 7.54. The number of nitrogens with zero attached hydrogens (tertiary/aromatic N) is 4. The predicted molar refractivity (Wildman–Crippen MR) is 92.6 cm³/mol. The average molecular weight is 393 g/mol. The van der Waals surface area contributed by atoms with Crippen molar-refractivity contribution in [3.05, 3.63) is 47.4 Å². The lowest BCUT2D eigenvalue weighted by molar-refractivity contribution is -0.138. The van der Waals surface area contributed by atoms with Gasteiger partial charge in [0.2, 0.25) is 0 Å². The van der Waals surface area contributed by atoms with Crippen LogP contribution in [0.2, 0.25) is 5.02 Å². The Balaban J connectivity index is 1.99. The maximum Gasteiger partial charge on any atom is 0.326 e. The molecule has 1 aromatic carbocycles. The van der Waals surface area contributed by atoms with Gasteiger partial charge in [-0.3, -0.25) is 4.98 Å². The highest BCUT2D eigenvalue weighted by molar-refractivity contribution is 7.92. The fourth-order valence-corrected chi connectivity index (χ4v) is 5.13. The third kappa shape index (κ3) is 3.21. The van der Waals surface area contributed by atoms with E-state index in [1.54, 1.807) is 12.1 Å². The quantitative estimate of drug-likeness (QED) is 0.830. The summed E-state index contributed by atoms with van der Waals surface area (Å²) in [5.74, 6) is -1.03. The number of anilines is 1. The second kappa shape index (κ2) is 6.90. The Labute approximate surface area is 154 Å². The van der Waals surface area contributed by atoms with Gasteiger partial charge in [0.15, 0.2) is 15.5 Å². The Kier molecular flexibility index (Phi) is 4.80. The van der Waals surface area contributed by atoms with E-state index in [0.29, 0.717) is 0 Å². The number of halogens is 1. The number of benzene rings is 1. The summed E-state index contributed by atoms with van der Waals surface area (Å²) in [7, 11) is -3.84. The van der Waals surface area contributed by atoms with Crippen LogP contribution in [0.1, 0.15) is 12.1 Å². The number of rotatable bonds is 4. The molecule has 1 saturated heterocycles. The van der Waals surface area contributed by atoms with Crippen molar-refractivity contribution in [2.45, 2.75) is 22.6 Å². The second-order valence-corrected chi connectivity index (χ2v) is 8.32. The molecule has 0 amide bonds. The molecule has 0 spiro atoms. The highest BCUT2D eigenvalue weighted by Gasteiger charge is 2.44. The first kappa shape index (κ1) is 18.1. The van der Waals surface area contributed by atoms with Gasteiger partial charge in [-0.25, -0.2) is 18.2 Å². The van der Waals surface area contributed by atoms with Crippen LogP contribution in [0.15, 0.2) is 41.6 Å². The van der Waals surface area contributed by atoms with E-state index < -0.39 is 27.1 Å². The van der Waals surface area contributed by atoms with E-state index in [1.807, 2.05) is 6.07 Å². The smallest absolute Gasteiger partial charge is 0.326 e. The monoisotopic (exact) mass is 392 g/mol. The Morgan fingerprint density at radius 2 is 2.08 bits per heavy atom. The molecule has 1 N–H and O–H groups in total. The summed E-state index contributed by atoms with van der Waals surface area (Å²) >= 11 is 6.01. The van der Waals surface area contributed by atoms with Gasteiger partial charge >= 0.3 is 5.97 Å². The molecule has 2 aromatic rings. The molecule has 1 aromatic heterocycles. The lowest BCUT2D eigenvalue weighted by Crippen LogP contribution is -2.36. The molecule has 0 unspecified atom stereocenters. The Hall–Kier alpha value is -2.70. The minimum absolute atomic E-state index is 0.0176. The third-order valence-electron chi connectivity index (χ3n) is 4.16. The van der Waals surface area contributed by atoms with Gasteiger partial charge in [0.25, 0.3) is 0 Å². The van der Waals surface area contributed by atoms with E-state index in [9.17, 15) is 18.3 Å². The number of carboxylic acids is 1. The molecule has 0 bridgehead atoms. The highest BCUT2D eigenvalue weighted by Crippen LogP contribution is 2.33. The van der Waals surface area contributed by atoms with E-state index in [0.717, 1.165) is 0 Å². The SMILES string of the molecule is N#Cc1cncc(N2C[C@@H](S(=O)(=O)c3ccccc3Cl)C[C@@H]2C(=O)O)n1. The van der Waals surface area contributed by atoms with Gasteiger partial charge in [0.1, 0.15) is 17.9 Å². The molecule has 1 aliphatic rings. The summed E-state index contributed by atoms with van der Waals surface area (Å²) in [6.07, 6.45) is 2.43. The number of hydrogen-bond donors (Lipinski definition) is 1. The van der Waals surface area contributed by atoms with Crippen LogP contribution in [0.3, 0.4) is 0 Å². The zero-order valence-corrected chi connectivity index (χ0v) is 14.9. The van der Waals surface area contributed by atoms with Crippen molar-refractivity contribution in [3.8, 4) is 6.07 Å². The number of nitriles is 1. The Morgan fingerprint density at radius 1 is 1.35 bits per heavy atom. The van der Waals surface area contributed by atoms with Gasteiger partial charge in [-0.15, -0.1) is 0 Å². The molecule has 8 nitrogen and oxygen atoms in total. The summed E-state index contributed by atoms with van der Waals surface area (Å²) in [4.78, 5) is 20.8. The number of aromatic nitrogens is 2. The van der Waals surface area contributed by atoms with Gasteiger partial charge in [0.05, 0.1) is 27.6 Å². The van der Waals surface area contributed by atoms with Crippen LogP contribution >= 0.6 is 11.6 Å². The molecular weight excluding hydrogens is 380 g/mol. The fraction of sp³-hybridized carbons (Fsp3) is 0.250. The first-order chi connectivity index (χ1) is 12.3. The van der Waals surface area contributed by atoms with Crippen molar-refractivity contribution in [2.24, 2.45) is 0 Å². The topological polar surface area (TPSA) is 124 Å². The maximum absolute atomic E-state index is 12.9. The number of carboxylic acid groups (broad SMARTS) is 1. The van der Waals surface area contributed by atoms with E-state index in [1.165, 1.54) is 29.4 Å². The third-order valence-corrected chi connectivity index (χ3v) is 6.79. The van der Waals surface area contributed by atoms with Crippen molar-refractivity contribution >= 4 is 33.2 Å². The van der Waals surface area contributed by atoms with Crippen LogP contribution in [0.5, 0.6) is 0 Å². The average Bonchev–Trinajstić information content (AvgIpc) is 3.08. The molecule has 1 fully saturated rings. The molecule has 2 atom stereocenters. The molecule has 0 radical (unpaired) electrons. The summed E-state index contributed by atoms with van der Waals surface area (Å²) in [6.45, 7) is -0.0892. The fourth-order valence-electron chi connectivity index (χ4n) is 2.91. The lowest BCUT2D eigenvalue weighted by atomic mass is 10.2. The van der Waals surface area contributed by atoms with Crippen molar-refractivity contribution in [3.63, 3.8) is 0 Å². The van der Waals surface area contributed by atoms with Crippen molar-refractivity contribution < 1.29 is 18.3 Å². The van der Waals surface area contributed by atoms with Gasteiger partial charge in [0, 0.05) is 6.54 Å². The zero-order valence-electron chi connectivity index (χ0n) is 13.3. The van der Waals surface area contributed by atoms with E-state index in [4.69, 9.17) is 16.9 Å². The molecule has 10 heteroatoms. The Morgan fingerprint density at radius 3 is 2.73 bits per heavy atom. The molecular formula is C16H13ClN4O4S. The van der Waals surface area contributed by atoms with Crippen LogP contribution in [0.4, 0.5) is 5.82 Å². The highest BCUT2D eigenvalue weighted by atomic mass is 35.5. The van der Waals surface area contributed by atoms with Crippen molar-refractivity contribution in [1.82, 2.24) is 9.97 Å². The van der Waals surface area contributed by atoms with Crippen LogP contribution in [0, 0.1) is 11.3 Å². The van der Waals surface area contributed by atoms with Crippen LogP contribution in [-0.2, 0) is 14.6 Å². The van der Waals surface area contributed by atoms with Gasteiger partial charge < -0.3 is 10.0 Å². The van der Waals surface area contributed by atoms with E-state index >= 15 is 0 Å². The van der Waals surface area contributed by atoms with Gasteiger partial charge in [-0.1, -0.05) is 23.7 Å². The predicted octanol–water partition coefficient (Wildman–Crippen LogP) is 1.51. The molecule has 26 heavy (non-hydrogen) atoms. The minimum Gasteiger partial charge on any atom is -0.480 e. The number of sulfone groups is 1. The molecule has 0 saturated carbocycles. The number of aliphatic carboxylic acids is 1. The lowest BCUT2D eigenvalue weighted by Gasteiger charge is -2.21. The minimum atomic E-state index is -3.84. The molecule has 1 aliphatic heterocycles. The number of hydrogen-bond acceptors (Lipinski definition) is 7. The molecule has 134 valence electrons. The zero-order chi connectivity index (χ0) is 18.9. The normalized spacial score (nSPS) is 19.9. The molecule has 3 rings (SSSR count). The Bertz CT molecular complexity index is 1010. The van der Waals surface area contributed by atoms with Crippen LogP contribution in [0.25, 0.3) is 0 Å². The summed E-state index contributed by atoms with van der Waals surface area (Å²) < 4.78 is 25.9. The summed E-state index contributed by atoms with van der Waals surface area (Å²) in [6, 6.07) is 6.77. The standard InChI is InChI=1S/C16H13ClN4O4S/c17-12-3-1-2-4-14(12)26(24,25)11-5-13(16(22)23)21(9-11)15-8-19-7-10(6-18)20-15/h1-4,7-8,11,13H,5,9H2,(H,22,23)/t11-,13+/m0/s1. The molecule has 0 aliphatic carbocycles. The van der Waals surface area contributed by atoms with Crippen LogP contribution in [-0.4, -0.2) is 47.3 Å². The largest absolute Gasteiger partial charge is 0.480 e.